The number of likely N-dealkylation sites (tertiary alicyclic amines) is 1. The summed E-state index contributed by atoms with van der Waals surface area (Å²) in [5, 5.41) is 0. The number of nitrogens with two attached hydrogens (primary N) is 1. The van der Waals surface area contributed by atoms with Crippen molar-refractivity contribution in [3.05, 3.63) is 0 Å². The Balaban J connectivity index is 1.91. The van der Waals surface area contributed by atoms with Gasteiger partial charge >= 0.3 is 0 Å². The largest absolute Gasteiger partial charge is 0.344 e. The summed E-state index contributed by atoms with van der Waals surface area (Å²) in [6.07, 6.45) is 5.76. The maximum Gasteiger partial charge on any atom is 0.227 e. The minimum Gasteiger partial charge on any atom is -0.344 e. The summed E-state index contributed by atoms with van der Waals surface area (Å²) < 4.78 is 0. The lowest BCUT2D eigenvalue weighted by Crippen LogP contribution is -2.50. The van der Waals surface area contributed by atoms with Crippen LogP contribution in [0.5, 0.6) is 0 Å². The molecule has 4 nitrogen and oxygen atoms in total. The van der Waals surface area contributed by atoms with E-state index in [2.05, 4.69) is 18.7 Å². The molecule has 4 unspecified atom stereocenters. The van der Waals surface area contributed by atoms with E-state index in [1.54, 1.807) is 0 Å². The van der Waals surface area contributed by atoms with E-state index >= 15 is 0 Å². The number of amides is 1. The van der Waals surface area contributed by atoms with Gasteiger partial charge in [0.25, 0.3) is 0 Å². The normalized spacial score (nSPS) is 35.2. The van der Waals surface area contributed by atoms with Crippen molar-refractivity contribution in [2.45, 2.75) is 58.0 Å². The Bertz CT molecular complexity index is 334. The number of carbonyl (C=O) groups excluding carboxylic acids is 1. The summed E-state index contributed by atoms with van der Waals surface area (Å²) in [5.74, 6) is 0.789. The van der Waals surface area contributed by atoms with Gasteiger partial charge in [-0.25, -0.2) is 0 Å². The van der Waals surface area contributed by atoms with Crippen molar-refractivity contribution in [2.75, 3.05) is 26.7 Å². The summed E-state index contributed by atoms with van der Waals surface area (Å²) in [5.41, 5.74) is 6.26. The number of hydrogen-bond acceptors (Lipinski definition) is 3. The summed E-state index contributed by atoms with van der Waals surface area (Å²) in [4.78, 5) is 17.1. The van der Waals surface area contributed by atoms with Crippen molar-refractivity contribution in [1.82, 2.24) is 9.80 Å². The Hall–Kier alpha value is -0.610. The van der Waals surface area contributed by atoms with Crippen LogP contribution in [0.4, 0.5) is 0 Å². The summed E-state index contributed by atoms with van der Waals surface area (Å²) >= 11 is 0. The lowest BCUT2D eigenvalue weighted by Gasteiger charge is -2.36. The van der Waals surface area contributed by atoms with Gasteiger partial charge < -0.3 is 10.6 Å². The predicted molar refractivity (Wildman–Crippen MR) is 82.4 cm³/mol. The standard InChI is InChI=1S/C16H31N3O/c1-4-19-10-6-8-13(19)11-18(3)16(20)14-9-5-7-12(2)15(14)17/h12-15H,4-11,17H2,1-3H3. The zero-order valence-corrected chi connectivity index (χ0v) is 13.3. The zero-order valence-electron chi connectivity index (χ0n) is 13.3. The number of hydrogen-bond donors (Lipinski definition) is 1. The van der Waals surface area contributed by atoms with E-state index in [1.165, 1.54) is 25.8 Å². The molecule has 0 spiro atoms. The van der Waals surface area contributed by atoms with E-state index in [9.17, 15) is 4.79 Å². The molecule has 1 aliphatic heterocycles. The Labute approximate surface area is 123 Å². The molecule has 0 bridgehead atoms. The summed E-state index contributed by atoms with van der Waals surface area (Å²) in [6.45, 7) is 7.53. The second-order valence-corrected chi connectivity index (χ2v) is 6.74. The smallest absolute Gasteiger partial charge is 0.227 e. The third kappa shape index (κ3) is 3.34. The van der Waals surface area contributed by atoms with Crippen LogP contribution in [0.3, 0.4) is 0 Å². The Morgan fingerprint density at radius 3 is 2.75 bits per heavy atom. The molecule has 1 heterocycles. The van der Waals surface area contributed by atoms with E-state index < -0.39 is 0 Å². The first-order chi connectivity index (χ1) is 9.54. The minimum atomic E-state index is 0.0419. The molecule has 1 aliphatic carbocycles. The molecule has 1 saturated carbocycles. The Kier molecular flexibility index (Phi) is 5.44. The molecule has 2 fully saturated rings. The molecular weight excluding hydrogens is 250 g/mol. The topological polar surface area (TPSA) is 49.6 Å². The second kappa shape index (κ2) is 6.90. The minimum absolute atomic E-state index is 0.0419. The van der Waals surface area contributed by atoms with Gasteiger partial charge in [0, 0.05) is 25.7 Å². The molecular formula is C16H31N3O. The van der Waals surface area contributed by atoms with Crippen LogP contribution in [0, 0.1) is 11.8 Å². The van der Waals surface area contributed by atoms with Gasteiger partial charge in [0.05, 0.1) is 5.92 Å². The lowest BCUT2D eigenvalue weighted by molar-refractivity contribution is -0.137. The van der Waals surface area contributed by atoms with Crippen LogP contribution >= 0.6 is 0 Å². The SMILES string of the molecule is CCN1CCCC1CN(C)C(=O)C1CCCC(C)C1N. The van der Waals surface area contributed by atoms with Crippen LogP contribution in [0.15, 0.2) is 0 Å². The van der Waals surface area contributed by atoms with E-state index in [-0.39, 0.29) is 17.9 Å². The van der Waals surface area contributed by atoms with Gasteiger partial charge in [-0.3, -0.25) is 9.69 Å². The first kappa shape index (κ1) is 15.8. The summed E-state index contributed by atoms with van der Waals surface area (Å²) in [7, 11) is 1.96. The number of carbonyl (C=O) groups is 1. The van der Waals surface area contributed by atoms with Crippen molar-refractivity contribution in [1.29, 1.82) is 0 Å². The zero-order chi connectivity index (χ0) is 14.7. The molecule has 4 heteroatoms. The third-order valence-corrected chi connectivity index (χ3v) is 5.38. The first-order valence-corrected chi connectivity index (χ1v) is 8.29. The van der Waals surface area contributed by atoms with Crippen molar-refractivity contribution in [3.63, 3.8) is 0 Å². The highest BCUT2D eigenvalue weighted by molar-refractivity contribution is 5.79. The van der Waals surface area contributed by atoms with Crippen LogP contribution in [0.2, 0.25) is 0 Å². The van der Waals surface area contributed by atoms with Crippen LogP contribution in [0.25, 0.3) is 0 Å². The Morgan fingerprint density at radius 2 is 2.05 bits per heavy atom. The van der Waals surface area contributed by atoms with Crippen molar-refractivity contribution < 1.29 is 4.79 Å². The van der Waals surface area contributed by atoms with Gasteiger partial charge in [-0.05, 0) is 44.7 Å². The molecule has 0 aromatic heterocycles. The fourth-order valence-electron chi connectivity index (χ4n) is 3.94. The molecule has 4 atom stereocenters. The number of likely N-dealkylation sites (N-methyl/N-ethyl adjacent to an activating group) is 2. The van der Waals surface area contributed by atoms with E-state index in [0.717, 1.165) is 25.9 Å². The van der Waals surface area contributed by atoms with E-state index in [0.29, 0.717) is 12.0 Å². The molecule has 1 saturated heterocycles. The first-order valence-electron chi connectivity index (χ1n) is 8.29. The monoisotopic (exact) mass is 281 g/mol. The van der Waals surface area contributed by atoms with Crippen molar-refractivity contribution in [3.8, 4) is 0 Å². The molecule has 1 amide bonds. The molecule has 2 rings (SSSR count). The molecule has 0 aromatic carbocycles. The van der Waals surface area contributed by atoms with Gasteiger partial charge in [0.15, 0.2) is 0 Å². The van der Waals surface area contributed by atoms with Crippen LogP contribution in [-0.2, 0) is 4.79 Å². The van der Waals surface area contributed by atoms with Gasteiger partial charge in [-0.2, -0.15) is 0 Å². The second-order valence-electron chi connectivity index (χ2n) is 6.74. The van der Waals surface area contributed by atoms with Gasteiger partial charge in [-0.15, -0.1) is 0 Å². The molecule has 20 heavy (non-hydrogen) atoms. The van der Waals surface area contributed by atoms with Gasteiger partial charge in [0.2, 0.25) is 5.91 Å². The van der Waals surface area contributed by atoms with Gasteiger partial charge in [0.1, 0.15) is 0 Å². The Morgan fingerprint density at radius 1 is 1.30 bits per heavy atom. The fraction of sp³-hybridized carbons (Fsp3) is 0.938. The average Bonchev–Trinajstić information content (AvgIpc) is 2.88. The predicted octanol–water partition coefficient (Wildman–Crippen LogP) is 1.69. The molecule has 116 valence electrons. The number of nitrogens with zero attached hydrogens (tertiary/aromatic N) is 2. The maximum absolute atomic E-state index is 12.7. The lowest BCUT2D eigenvalue weighted by atomic mass is 9.77. The van der Waals surface area contributed by atoms with Crippen LogP contribution in [0.1, 0.15) is 46.0 Å². The quantitative estimate of drug-likeness (QED) is 0.853. The molecule has 0 radical (unpaired) electrons. The van der Waals surface area contributed by atoms with E-state index in [1.807, 2.05) is 11.9 Å². The summed E-state index contributed by atoms with van der Waals surface area (Å²) in [6, 6.07) is 0.593. The highest BCUT2D eigenvalue weighted by Gasteiger charge is 2.35. The van der Waals surface area contributed by atoms with Crippen molar-refractivity contribution in [2.24, 2.45) is 17.6 Å². The van der Waals surface area contributed by atoms with Crippen LogP contribution in [-0.4, -0.2) is 54.5 Å². The fourth-order valence-corrected chi connectivity index (χ4v) is 3.94. The third-order valence-electron chi connectivity index (χ3n) is 5.38. The highest BCUT2D eigenvalue weighted by Crippen LogP contribution is 2.29. The maximum atomic E-state index is 12.7. The van der Waals surface area contributed by atoms with Crippen molar-refractivity contribution >= 4 is 5.91 Å². The molecule has 2 N–H and O–H groups in total. The van der Waals surface area contributed by atoms with Gasteiger partial charge in [-0.1, -0.05) is 20.3 Å². The molecule has 0 aromatic rings. The van der Waals surface area contributed by atoms with E-state index in [4.69, 9.17) is 5.73 Å². The highest BCUT2D eigenvalue weighted by atomic mass is 16.2. The molecule has 2 aliphatic rings. The average molecular weight is 281 g/mol. The number of rotatable bonds is 4. The van der Waals surface area contributed by atoms with Crippen LogP contribution < -0.4 is 5.73 Å².